The van der Waals surface area contributed by atoms with Crippen LogP contribution in [0.15, 0.2) is 18.3 Å². The summed E-state index contributed by atoms with van der Waals surface area (Å²) in [5, 5.41) is 3.73. The average molecular weight is 329 g/mol. The summed E-state index contributed by atoms with van der Waals surface area (Å²) in [6.45, 7) is 4.71. The zero-order valence-electron chi connectivity index (χ0n) is 11.3. The van der Waals surface area contributed by atoms with Gasteiger partial charge in [0.25, 0.3) is 0 Å². The number of H-pyrrole nitrogens is 1. The van der Waals surface area contributed by atoms with E-state index < -0.39 is 5.82 Å². The molecule has 1 saturated heterocycles. The molecule has 0 atom stereocenters. The van der Waals surface area contributed by atoms with Gasteiger partial charge in [0.1, 0.15) is 11.6 Å². The van der Waals surface area contributed by atoms with Gasteiger partial charge in [0.2, 0.25) is 0 Å². The van der Waals surface area contributed by atoms with Crippen LogP contribution in [0.1, 0.15) is 5.82 Å². The van der Waals surface area contributed by atoms with E-state index in [-0.39, 0.29) is 5.02 Å². The number of aromatic amines is 1. The summed E-state index contributed by atoms with van der Waals surface area (Å²) in [5.74, 6) is 0.354. The number of imidazole rings is 1. The number of hydrogen-bond donors (Lipinski definition) is 2. The number of rotatable bonds is 3. The molecule has 1 aliphatic rings. The third kappa shape index (κ3) is 3.37. The summed E-state index contributed by atoms with van der Waals surface area (Å²) < 4.78 is 13.6. The third-order valence-corrected chi connectivity index (χ3v) is 4.11. The van der Waals surface area contributed by atoms with E-state index in [1.807, 2.05) is 0 Å². The maximum absolute atomic E-state index is 13.6. The standard InChI is InChI=1S/C14H15Cl2FN4/c15-10-6-11(16)12(17)5-9(10)13-7-19-14(20-13)8-21-3-1-18-2-4-21/h5-7,18H,1-4,8H2,(H,19,20). The molecule has 2 aromatic rings. The molecule has 0 radical (unpaired) electrons. The normalized spacial score (nSPS) is 16.3. The lowest BCUT2D eigenvalue weighted by atomic mass is 10.1. The van der Waals surface area contributed by atoms with Gasteiger partial charge in [0, 0.05) is 31.7 Å². The van der Waals surface area contributed by atoms with E-state index in [2.05, 4.69) is 20.2 Å². The number of aromatic nitrogens is 2. The van der Waals surface area contributed by atoms with E-state index in [0.29, 0.717) is 16.3 Å². The molecule has 2 N–H and O–H groups in total. The quantitative estimate of drug-likeness (QED) is 0.851. The minimum absolute atomic E-state index is 0.0179. The monoisotopic (exact) mass is 328 g/mol. The van der Waals surface area contributed by atoms with Crippen LogP contribution in [-0.4, -0.2) is 41.0 Å². The highest BCUT2D eigenvalue weighted by molar-refractivity contribution is 6.36. The Hall–Kier alpha value is -1.14. The van der Waals surface area contributed by atoms with Crippen molar-refractivity contribution in [3.63, 3.8) is 0 Å². The fourth-order valence-electron chi connectivity index (χ4n) is 2.39. The van der Waals surface area contributed by atoms with Crippen molar-refractivity contribution in [3.05, 3.63) is 40.0 Å². The first-order valence-electron chi connectivity index (χ1n) is 6.75. The summed E-state index contributed by atoms with van der Waals surface area (Å²) in [5.41, 5.74) is 1.26. The molecule has 0 aliphatic carbocycles. The first-order chi connectivity index (χ1) is 10.1. The Balaban J connectivity index is 1.79. The zero-order valence-corrected chi connectivity index (χ0v) is 12.8. The van der Waals surface area contributed by atoms with Gasteiger partial charge in [-0.15, -0.1) is 0 Å². The zero-order chi connectivity index (χ0) is 14.8. The topological polar surface area (TPSA) is 44.0 Å². The molecular formula is C14H15Cl2FN4. The maximum atomic E-state index is 13.6. The summed E-state index contributed by atoms with van der Waals surface area (Å²) in [7, 11) is 0. The molecule has 0 spiro atoms. The number of halogens is 3. The number of benzene rings is 1. The smallest absolute Gasteiger partial charge is 0.142 e. The second kappa shape index (κ2) is 6.32. The van der Waals surface area contributed by atoms with Gasteiger partial charge in [-0.05, 0) is 12.1 Å². The molecule has 7 heteroatoms. The number of nitrogens with one attached hydrogen (secondary N) is 2. The van der Waals surface area contributed by atoms with Crippen LogP contribution in [0.5, 0.6) is 0 Å². The largest absolute Gasteiger partial charge is 0.341 e. The minimum Gasteiger partial charge on any atom is -0.341 e. The second-order valence-electron chi connectivity index (χ2n) is 5.02. The first-order valence-corrected chi connectivity index (χ1v) is 7.51. The van der Waals surface area contributed by atoms with Crippen LogP contribution in [0, 0.1) is 5.82 Å². The van der Waals surface area contributed by atoms with Crippen LogP contribution >= 0.6 is 23.2 Å². The van der Waals surface area contributed by atoms with E-state index in [1.54, 1.807) is 6.20 Å². The van der Waals surface area contributed by atoms with Crippen molar-refractivity contribution in [1.29, 1.82) is 0 Å². The number of hydrogen-bond acceptors (Lipinski definition) is 3. The van der Waals surface area contributed by atoms with Crippen molar-refractivity contribution in [1.82, 2.24) is 20.2 Å². The van der Waals surface area contributed by atoms with Crippen molar-refractivity contribution >= 4 is 23.2 Å². The maximum Gasteiger partial charge on any atom is 0.142 e. The van der Waals surface area contributed by atoms with E-state index >= 15 is 0 Å². The van der Waals surface area contributed by atoms with Gasteiger partial charge in [0.05, 0.1) is 28.5 Å². The summed E-state index contributed by atoms with van der Waals surface area (Å²) >= 11 is 11.8. The van der Waals surface area contributed by atoms with Gasteiger partial charge in [-0.2, -0.15) is 0 Å². The summed E-state index contributed by atoms with van der Waals surface area (Å²) in [6.07, 6.45) is 1.67. The Bertz CT molecular complexity index is 638. The summed E-state index contributed by atoms with van der Waals surface area (Å²) in [6, 6.07) is 2.73. The average Bonchev–Trinajstić information content (AvgIpc) is 2.92. The van der Waals surface area contributed by atoms with Crippen molar-refractivity contribution in [2.45, 2.75) is 6.54 Å². The van der Waals surface area contributed by atoms with Crippen molar-refractivity contribution in [2.75, 3.05) is 26.2 Å². The molecule has 3 rings (SSSR count). The van der Waals surface area contributed by atoms with Gasteiger partial charge in [0.15, 0.2) is 0 Å². The summed E-state index contributed by atoms with van der Waals surface area (Å²) in [4.78, 5) is 9.85. The van der Waals surface area contributed by atoms with E-state index in [4.69, 9.17) is 23.2 Å². The van der Waals surface area contributed by atoms with Gasteiger partial charge >= 0.3 is 0 Å². The molecule has 1 aliphatic heterocycles. The molecule has 112 valence electrons. The Labute approximate surface area is 132 Å². The van der Waals surface area contributed by atoms with Crippen LogP contribution in [0.25, 0.3) is 11.3 Å². The molecule has 4 nitrogen and oxygen atoms in total. The molecule has 2 heterocycles. The van der Waals surface area contributed by atoms with E-state index in [9.17, 15) is 4.39 Å². The van der Waals surface area contributed by atoms with Crippen LogP contribution in [0.4, 0.5) is 4.39 Å². The molecule has 0 saturated carbocycles. The van der Waals surface area contributed by atoms with E-state index in [1.165, 1.54) is 12.1 Å². The van der Waals surface area contributed by atoms with E-state index in [0.717, 1.165) is 38.5 Å². The predicted molar refractivity (Wildman–Crippen MR) is 82.1 cm³/mol. The first kappa shape index (κ1) is 14.8. The lowest BCUT2D eigenvalue weighted by molar-refractivity contribution is 0.228. The van der Waals surface area contributed by atoms with Crippen LogP contribution in [-0.2, 0) is 6.54 Å². The molecular weight excluding hydrogens is 314 g/mol. The minimum atomic E-state index is -0.491. The Kier molecular flexibility index (Phi) is 4.45. The lowest BCUT2D eigenvalue weighted by Crippen LogP contribution is -2.43. The van der Waals surface area contributed by atoms with Crippen molar-refractivity contribution in [3.8, 4) is 11.3 Å². The molecule has 1 aromatic carbocycles. The van der Waals surface area contributed by atoms with Gasteiger partial charge < -0.3 is 10.3 Å². The second-order valence-corrected chi connectivity index (χ2v) is 5.83. The van der Waals surface area contributed by atoms with Crippen LogP contribution < -0.4 is 5.32 Å². The predicted octanol–water partition coefficient (Wildman–Crippen LogP) is 2.93. The molecule has 0 bridgehead atoms. The highest BCUT2D eigenvalue weighted by Crippen LogP contribution is 2.31. The number of piperazine rings is 1. The molecule has 0 unspecified atom stereocenters. The third-order valence-electron chi connectivity index (χ3n) is 3.51. The van der Waals surface area contributed by atoms with Gasteiger partial charge in [-0.25, -0.2) is 9.37 Å². The highest BCUT2D eigenvalue weighted by Gasteiger charge is 2.14. The van der Waals surface area contributed by atoms with Crippen molar-refractivity contribution in [2.24, 2.45) is 0 Å². The Morgan fingerprint density at radius 3 is 2.71 bits per heavy atom. The highest BCUT2D eigenvalue weighted by atomic mass is 35.5. The Morgan fingerprint density at radius 2 is 1.95 bits per heavy atom. The SMILES string of the molecule is Fc1cc(-c2cnc(CN3CCNCC3)[nH]2)c(Cl)cc1Cl. The van der Waals surface area contributed by atoms with Crippen molar-refractivity contribution < 1.29 is 4.39 Å². The fraction of sp³-hybridized carbons (Fsp3) is 0.357. The van der Waals surface area contributed by atoms with Crippen LogP contribution in [0.3, 0.4) is 0 Å². The Morgan fingerprint density at radius 1 is 1.19 bits per heavy atom. The molecule has 1 fully saturated rings. The van der Waals surface area contributed by atoms with Gasteiger partial charge in [-0.1, -0.05) is 23.2 Å². The molecule has 21 heavy (non-hydrogen) atoms. The fourth-order valence-corrected chi connectivity index (χ4v) is 2.87. The lowest BCUT2D eigenvalue weighted by Gasteiger charge is -2.26. The van der Waals surface area contributed by atoms with Crippen LogP contribution in [0.2, 0.25) is 10.0 Å². The van der Waals surface area contributed by atoms with Gasteiger partial charge in [-0.3, -0.25) is 4.90 Å². The number of nitrogens with zero attached hydrogens (tertiary/aromatic N) is 2. The molecule has 0 amide bonds. The molecule has 1 aromatic heterocycles.